The van der Waals surface area contributed by atoms with Gasteiger partial charge >= 0.3 is 0 Å². The van der Waals surface area contributed by atoms with Crippen molar-refractivity contribution in [3.63, 3.8) is 0 Å². The van der Waals surface area contributed by atoms with E-state index in [1.165, 1.54) is 20.9 Å². The smallest absolute Gasteiger partial charge is 0.0302 e. The average molecular weight is 273 g/mol. The molecule has 0 amide bonds. The van der Waals surface area contributed by atoms with E-state index in [9.17, 15) is 0 Å². The third kappa shape index (κ3) is 4.19. The molecule has 0 aliphatic heterocycles. The molecule has 2 heteroatoms. The summed E-state index contributed by atoms with van der Waals surface area (Å²) < 4.78 is 0. The molecular formula is C17H23NS. The van der Waals surface area contributed by atoms with Gasteiger partial charge in [0.15, 0.2) is 0 Å². The Kier molecular flexibility index (Phi) is 5.17. The molecule has 0 fully saturated rings. The Hall–Kier alpha value is -1.12. The zero-order valence-electron chi connectivity index (χ0n) is 12.1. The van der Waals surface area contributed by atoms with Gasteiger partial charge in [0.05, 0.1) is 0 Å². The Labute approximate surface area is 120 Å². The van der Waals surface area contributed by atoms with Crippen LogP contribution in [-0.4, -0.2) is 6.04 Å². The van der Waals surface area contributed by atoms with Crippen molar-refractivity contribution >= 4 is 11.3 Å². The maximum absolute atomic E-state index is 3.62. The maximum atomic E-state index is 3.62. The number of rotatable bonds is 6. The van der Waals surface area contributed by atoms with Gasteiger partial charge in [-0.25, -0.2) is 0 Å². The SMILES string of the molecule is CCc1ccc(CNC(C)Cc2ccccc2C)s1. The third-order valence-electron chi connectivity index (χ3n) is 3.48. The van der Waals surface area contributed by atoms with E-state index in [1.54, 1.807) is 0 Å². The number of hydrogen-bond donors (Lipinski definition) is 1. The molecule has 1 heterocycles. The molecule has 19 heavy (non-hydrogen) atoms. The van der Waals surface area contributed by atoms with Crippen molar-refractivity contribution < 1.29 is 0 Å². The van der Waals surface area contributed by atoms with Crippen LogP contribution < -0.4 is 5.32 Å². The predicted molar refractivity (Wildman–Crippen MR) is 84.9 cm³/mol. The number of benzene rings is 1. The Morgan fingerprint density at radius 3 is 2.53 bits per heavy atom. The van der Waals surface area contributed by atoms with Gasteiger partial charge in [0.2, 0.25) is 0 Å². The molecule has 1 N–H and O–H groups in total. The van der Waals surface area contributed by atoms with Crippen LogP contribution in [0.1, 0.15) is 34.7 Å². The van der Waals surface area contributed by atoms with Gasteiger partial charge in [-0.05, 0) is 49.9 Å². The van der Waals surface area contributed by atoms with E-state index in [2.05, 4.69) is 62.5 Å². The monoisotopic (exact) mass is 273 g/mol. The van der Waals surface area contributed by atoms with Crippen LogP contribution in [0, 0.1) is 6.92 Å². The summed E-state index contributed by atoms with van der Waals surface area (Å²) in [4.78, 5) is 2.91. The van der Waals surface area contributed by atoms with E-state index < -0.39 is 0 Å². The third-order valence-corrected chi connectivity index (χ3v) is 4.71. The molecule has 0 saturated carbocycles. The number of aryl methyl sites for hydroxylation is 2. The summed E-state index contributed by atoms with van der Waals surface area (Å²) >= 11 is 1.92. The molecular weight excluding hydrogens is 250 g/mol. The van der Waals surface area contributed by atoms with Crippen molar-refractivity contribution in [1.82, 2.24) is 5.32 Å². The summed E-state index contributed by atoms with van der Waals surface area (Å²) in [5.41, 5.74) is 2.84. The molecule has 102 valence electrons. The molecule has 2 aromatic rings. The van der Waals surface area contributed by atoms with Gasteiger partial charge in [-0.1, -0.05) is 31.2 Å². The second kappa shape index (κ2) is 6.88. The van der Waals surface area contributed by atoms with Crippen molar-refractivity contribution in [3.8, 4) is 0 Å². The van der Waals surface area contributed by atoms with Crippen LogP contribution in [0.2, 0.25) is 0 Å². The van der Waals surface area contributed by atoms with Crippen LogP contribution in [0.3, 0.4) is 0 Å². The van der Waals surface area contributed by atoms with Crippen molar-refractivity contribution in [3.05, 3.63) is 57.3 Å². The van der Waals surface area contributed by atoms with Gasteiger partial charge in [-0.3, -0.25) is 0 Å². The van der Waals surface area contributed by atoms with Crippen LogP contribution in [-0.2, 0) is 19.4 Å². The number of thiophene rings is 1. The molecule has 0 saturated heterocycles. The fraction of sp³-hybridized carbons (Fsp3) is 0.412. The highest BCUT2D eigenvalue weighted by atomic mass is 32.1. The van der Waals surface area contributed by atoms with Crippen LogP contribution in [0.5, 0.6) is 0 Å². The van der Waals surface area contributed by atoms with E-state index >= 15 is 0 Å². The second-order valence-corrected chi connectivity index (χ2v) is 6.39. The molecule has 1 aromatic heterocycles. The number of hydrogen-bond acceptors (Lipinski definition) is 2. The quantitative estimate of drug-likeness (QED) is 0.825. The Balaban J connectivity index is 1.84. The molecule has 0 bridgehead atoms. The topological polar surface area (TPSA) is 12.0 Å². The molecule has 1 atom stereocenters. The van der Waals surface area contributed by atoms with E-state index in [-0.39, 0.29) is 0 Å². The standard InChI is InChI=1S/C17H23NS/c1-4-16-9-10-17(19-16)12-18-14(3)11-15-8-6-5-7-13(15)2/h5-10,14,18H,4,11-12H2,1-3H3. The van der Waals surface area contributed by atoms with Gasteiger partial charge in [0, 0.05) is 22.3 Å². The summed E-state index contributed by atoms with van der Waals surface area (Å²) in [7, 11) is 0. The van der Waals surface area contributed by atoms with Crippen LogP contribution in [0.4, 0.5) is 0 Å². The van der Waals surface area contributed by atoms with Crippen molar-refractivity contribution in [2.24, 2.45) is 0 Å². The molecule has 1 aromatic carbocycles. The summed E-state index contributed by atoms with van der Waals surface area (Å²) in [6.45, 7) is 7.65. The molecule has 0 spiro atoms. The van der Waals surface area contributed by atoms with Crippen LogP contribution in [0.15, 0.2) is 36.4 Å². The van der Waals surface area contributed by atoms with Gasteiger partial charge in [-0.15, -0.1) is 11.3 Å². The Morgan fingerprint density at radius 1 is 1.11 bits per heavy atom. The Morgan fingerprint density at radius 2 is 1.84 bits per heavy atom. The summed E-state index contributed by atoms with van der Waals surface area (Å²) in [6, 6.07) is 13.7. The van der Waals surface area contributed by atoms with Crippen molar-refractivity contribution in [2.45, 2.75) is 46.2 Å². The minimum Gasteiger partial charge on any atom is -0.309 e. The van der Waals surface area contributed by atoms with Gasteiger partial charge in [-0.2, -0.15) is 0 Å². The summed E-state index contributed by atoms with van der Waals surface area (Å²) in [5.74, 6) is 0. The van der Waals surface area contributed by atoms with Crippen molar-refractivity contribution in [2.75, 3.05) is 0 Å². The lowest BCUT2D eigenvalue weighted by molar-refractivity contribution is 0.548. The van der Waals surface area contributed by atoms with Gasteiger partial charge in [0.25, 0.3) is 0 Å². The summed E-state index contributed by atoms with van der Waals surface area (Å²) in [6.07, 6.45) is 2.24. The molecule has 0 aliphatic rings. The van der Waals surface area contributed by atoms with E-state index in [1.807, 2.05) is 11.3 Å². The fourth-order valence-electron chi connectivity index (χ4n) is 2.22. The normalized spacial score (nSPS) is 12.6. The molecule has 1 unspecified atom stereocenters. The first kappa shape index (κ1) is 14.3. The lowest BCUT2D eigenvalue weighted by Gasteiger charge is -2.14. The van der Waals surface area contributed by atoms with Crippen LogP contribution in [0.25, 0.3) is 0 Å². The zero-order chi connectivity index (χ0) is 13.7. The molecule has 0 aliphatic carbocycles. The highest BCUT2D eigenvalue weighted by Gasteiger charge is 2.06. The largest absolute Gasteiger partial charge is 0.309 e. The van der Waals surface area contributed by atoms with E-state index in [4.69, 9.17) is 0 Å². The summed E-state index contributed by atoms with van der Waals surface area (Å²) in [5, 5.41) is 3.62. The maximum Gasteiger partial charge on any atom is 0.0302 e. The lowest BCUT2D eigenvalue weighted by atomic mass is 10.0. The minimum atomic E-state index is 0.508. The first-order valence-electron chi connectivity index (χ1n) is 7.04. The van der Waals surface area contributed by atoms with Gasteiger partial charge < -0.3 is 5.32 Å². The van der Waals surface area contributed by atoms with Gasteiger partial charge in [0.1, 0.15) is 0 Å². The highest BCUT2D eigenvalue weighted by molar-refractivity contribution is 7.11. The predicted octanol–water partition coefficient (Wildman–Crippen LogP) is 4.34. The zero-order valence-corrected chi connectivity index (χ0v) is 12.9. The fourth-order valence-corrected chi connectivity index (χ4v) is 3.13. The molecule has 0 radical (unpaired) electrons. The van der Waals surface area contributed by atoms with Crippen LogP contribution >= 0.6 is 11.3 Å². The van der Waals surface area contributed by atoms with Crippen molar-refractivity contribution in [1.29, 1.82) is 0 Å². The van der Waals surface area contributed by atoms with E-state index in [0.717, 1.165) is 19.4 Å². The lowest BCUT2D eigenvalue weighted by Crippen LogP contribution is -2.27. The first-order chi connectivity index (χ1) is 9.19. The minimum absolute atomic E-state index is 0.508. The second-order valence-electron chi connectivity index (χ2n) is 5.13. The average Bonchev–Trinajstić information content (AvgIpc) is 2.87. The first-order valence-corrected chi connectivity index (χ1v) is 7.86. The highest BCUT2D eigenvalue weighted by Crippen LogP contribution is 2.17. The van der Waals surface area contributed by atoms with E-state index in [0.29, 0.717) is 6.04 Å². The molecule has 2 rings (SSSR count). The number of nitrogens with one attached hydrogen (secondary N) is 1. The Bertz CT molecular complexity index is 515. The molecule has 1 nitrogen and oxygen atoms in total.